The number of hydrogen-bond donors (Lipinski definition) is 4. The lowest BCUT2D eigenvalue weighted by molar-refractivity contribution is 0.310. The van der Waals surface area contributed by atoms with Gasteiger partial charge in [-0.05, 0) is 91.6 Å². The number of aryl methyl sites for hydroxylation is 3. The second-order valence-corrected chi connectivity index (χ2v) is 24.7. The Balaban J connectivity index is 0.000000126. The average Bonchev–Trinajstić information content (AvgIpc) is 1.62. The largest absolute Gasteiger partial charge is 0.316 e. The second-order valence-electron chi connectivity index (χ2n) is 24.0. The number of aromatic amines is 3. The summed E-state index contributed by atoms with van der Waals surface area (Å²) in [4.78, 5) is 81.5. The van der Waals surface area contributed by atoms with Crippen molar-refractivity contribution in [2.24, 2.45) is 17.8 Å². The Morgan fingerprint density at radius 3 is 1.35 bits per heavy atom. The molecule has 92 heavy (non-hydrogen) atoms. The number of hydrogen-bond acceptors (Lipinski definition) is 16. The molecule has 0 spiro atoms. The Hall–Kier alpha value is -9.45. The SMILES string of the molecule is Cc1ccc(Cl)cc1-c1ncc2c(=O)[nH]c(C3CN(Cc4ccccc4)CC3C)nn12.Cc1ccccc1-c1ncc2c(=O)[nH]c(C3CN(Cc4ncccn4)CC3C)nn12.Cc1ccccc1-c1ncc2c(=O)[nH]c(C3CNCC3C)nn12.ClCc1ncccn1. The van der Waals surface area contributed by atoms with E-state index in [1.54, 1.807) is 63.0 Å². The summed E-state index contributed by atoms with van der Waals surface area (Å²) in [5.74, 6) is 7.71. The molecule has 3 aliphatic heterocycles. The van der Waals surface area contributed by atoms with Gasteiger partial charge in [0, 0.05) is 104 Å². The van der Waals surface area contributed by atoms with Crippen LogP contribution in [0.4, 0.5) is 0 Å². The molecule has 470 valence electrons. The summed E-state index contributed by atoms with van der Waals surface area (Å²) in [7, 11) is 0. The molecule has 0 bridgehead atoms. The first-order valence-electron chi connectivity index (χ1n) is 30.8. The number of halogens is 2. The van der Waals surface area contributed by atoms with Crippen molar-refractivity contribution < 1.29 is 0 Å². The minimum atomic E-state index is -0.169. The van der Waals surface area contributed by atoms with Gasteiger partial charge in [0.25, 0.3) is 16.7 Å². The molecule has 0 radical (unpaired) electrons. The number of H-pyrrole nitrogens is 3. The number of aromatic nitrogens is 16. The summed E-state index contributed by atoms with van der Waals surface area (Å²) in [5, 5.41) is 18.4. The lowest BCUT2D eigenvalue weighted by Crippen LogP contribution is -2.23. The topological polar surface area (TPSA) is 259 Å². The van der Waals surface area contributed by atoms with Crippen molar-refractivity contribution in [2.75, 3.05) is 39.3 Å². The molecule has 6 unspecified atom stereocenters. The summed E-state index contributed by atoms with van der Waals surface area (Å²) in [6, 6.07) is 35.7. The molecular weight excluding hydrogens is 1200 g/mol. The molecule has 4 aromatic carbocycles. The second kappa shape index (κ2) is 28.0. The smallest absolute Gasteiger partial charge is 0.276 e. The van der Waals surface area contributed by atoms with Crippen LogP contribution >= 0.6 is 23.2 Å². The Bertz CT molecular complexity index is 4710. The molecule has 11 heterocycles. The molecule has 8 aromatic heterocycles. The standard InChI is InChI=1S/C24H24ClN5O.C22H23N7O.C17H19N5O.C5H5ClN2/c1-15-8-9-18(25)10-19(15)23-26-11-21-24(31)27-22(28-30(21)23)20-14-29(12-16(20)2)13-17-6-4-3-5-7-17;1-14-6-3-4-7-16(14)21-25-10-18-22(30)26-20(27-29(18)21)17-12-28(11-15(17)2)13-19-23-8-5-9-24-19;1-10-5-3-4-6-12(10)16-19-9-14-17(23)20-15(21-22(14)16)13-8-18-7-11(13)2;6-4-5-7-2-1-3-8-5/h3-11,16,20H,12-14H2,1-2H3,(H,27,28,31);3-10,15,17H,11-13H2,1-2H3,(H,26,27,30);3-6,9,11,13,18H,7-8H2,1-2H3,(H,20,21,23);1-3H,4H2. The van der Waals surface area contributed by atoms with Crippen molar-refractivity contribution in [1.82, 2.24) is 93.8 Å². The molecule has 0 saturated carbocycles. The highest BCUT2D eigenvalue weighted by molar-refractivity contribution is 6.30. The predicted octanol–water partition coefficient (Wildman–Crippen LogP) is 9.63. The fraction of sp³-hybridized carbons (Fsp3) is 0.309. The van der Waals surface area contributed by atoms with Gasteiger partial charge in [-0.2, -0.15) is 15.3 Å². The molecule has 22 nitrogen and oxygen atoms in total. The van der Waals surface area contributed by atoms with Crippen molar-refractivity contribution in [3.63, 3.8) is 0 Å². The van der Waals surface area contributed by atoms with Crippen molar-refractivity contribution in [1.29, 1.82) is 0 Å². The predicted molar refractivity (Wildman–Crippen MR) is 356 cm³/mol. The van der Waals surface area contributed by atoms with Gasteiger partial charge in [-0.25, -0.2) is 48.4 Å². The van der Waals surface area contributed by atoms with Gasteiger partial charge < -0.3 is 20.3 Å². The van der Waals surface area contributed by atoms with E-state index in [1.807, 2.05) is 99.6 Å². The molecule has 0 aliphatic carbocycles. The van der Waals surface area contributed by atoms with Gasteiger partial charge in [0.1, 0.15) is 29.1 Å². The summed E-state index contributed by atoms with van der Waals surface area (Å²) in [6.45, 7) is 19.5. The maximum absolute atomic E-state index is 12.8. The van der Waals surface area contributed by atoms with E-state index in [9.17, 15) is 14.4 Å². The highest BCUT2D eigenvalue weighted by Gasteiger charge is 2.35. The van der Waals surface area contributed by atoms with E-state index in [1.165, 1.54) is 5.56 Å². The van der Waals surface area contributed by atoms with Gasteiger partial charge in [0.2, 0.25) is 0 Å². The first kappa shape index (κ1) is 62.7. The van der Waals surface area contributed by atoms with Crippen molar-refractivity contribution >= 4 is 39.8 Å². The number of alkyl halides is 1. The number of fused-ring (bicyclic) bond motifs is 3. The maximum Gasteiger partial charge on any atom is 0.276 e. The van der Waals surface area contributed by atoms with Gasteiger partial charge in [0.15, 0.2) is 34.0 Å². The number of benzene rings is 4. The third kappa shape index (κ3) is 13.7. The first-order valence-corrected chi connectivity index (χ1v) is 31.7. The molecule has 0 amide bonds. The van der Waals surface area contributed by atoms with Crippen LogP contribution in [0.1, 0.15) is 89.9 Å². The number of imidazole rings is 3. The molecule has 6 atom stereocenters. The van der Waals surface area contributed by atoms with Crippen molar-refractivity contribution in [3.8, 4) is 34.2 Å². The fourth-order valence-electron chi connectivity index (χ4n) is 12.4. The molecule has 3 saturated heterocycles. The van der Waals surface area contributed by atoms with E-state index in [2.05, 4.69) is 110 Å². The molecule has 4 N–H and O–H groups in total. The van der Waals surface area contributed by atoms with E-state index in [-0.39, 0.29) is 34.4 Å². The number of rotatable bonds is 11. The third-order valence-corrected chi connectivity index (χ3v) is 17.9. The summed E-state index contributed by atoms with van der Waals surface area (Å²) in [6.07, 6.45) is 11.6. The summed E-state index contributed by atoms with van der Waals surface area (Å²) < 4.78 is 5.03. The fourth-order valence-corrected chi connectivity index (χ4v) is 12.7. The van der Waals surface area contributed by atoms with Crippen LogP contribution in [0.2, 0.25) is 5.02 Å². The van der Waals surface area contributed by atoms with Crippen LogP contribution < -0.4 is 22.0 Å². The zero-order valence-corrected chi connectivity index (χ0v) is 53.5. The molecule has 24 heteroatoms. The number of likely N-dealkylation sites (tertiary alicyclic amines) is 2. The Morgan fingerprint density at radius 1 is 0.457 bits per heavy atom. The quantitative estimate of drug-likeness (QED) is 0.0879. The molecular formula is C68H71Cl2N19O3. The van der Waals surface area contributed by atoms with E-state index in [4.69, 9.17) is 38.5 Å². The normalized spacial score (nSPS) is 19.0. The van der Waals surface area contributed by atoms with Crippen molar-refractivity contribution in [2.45, 2.75) is 78.3 Å². The van der Waals surface area contributed by atoms with Gasteiger partial charge in [-0.15, -0.1) is 11.6 Å². The van der Waals surface area contributed by atoms with Crippen LogP contribution in [0.15, 0.2) is 167 Å². The molecule has 15 rings (SSSR count). The number of nitrogens with one attached hydrogen (secondary N) is 4. The van der Waals surface area contributed by atoms with E-state index in [0.717, 1.165) is 90.8 Å². The maximum atomic E-state index is 12.8. The highest BCUT2D eigenvalue weighted by atomic mass is 35.5. The van der Waals surface area contributed by atoms with Gasteiger partial charge in [-0.1, -0.05) is 117 Å². The Morgan fingerprint density at radius 2 is 0.891 bits per heavy atom. The van der Waals surface area contributed by atoms with E-state index in [0.29, 0.717) is 86.7 Å². The molecule has 3 aliphatic rings. The Kier molecular flexibility index (Phi) is 19.1. The third-order valence-electron chi connectivity index (χ3n) is 17.4. The zero-order chi connectivity index (χ0) is 64.0. The minimum absolute atomic E-state index is 0.123. The van der Waals surface area contributed by atoms with Gasteiger partial charge in [-0.3, -0.25) is 24.2 Å². The minimum Gasteiger partial charge on any atom is -0.316 e. The van der Waals surface area contributed by atoms with Crippen LogP contribution in [0.25, 0.3) is 50.7 Å². The van der Waals surface area contributed by atoms with Crippen LogP contribution in [-0.4, -0.2) is 128 Å². The van der Waals surface area contributed by atoms with E-state index >= 15 is 0 Å². The van der Waals surface area contributed by atoms with Crippen LogP contribution in [0.5, 0.6) is 0 Å². The highest BCUT2D eigenvalue weighted by Crippen LogP contribution is 2.34. The summed E-state index contributed by atoms with van der Waals surface area (Å²) in [5.41, 5.74) is 8.27. The summed E-state index contributed by atoms with van der Waals surface area (Å²) >= 11 is 11.6. The Labute approximate surface area is 540 Å². The zero-order valence-electron chi connectivity index (χ0n) is 52.0. The van der Waals surface area contributed by atoms with E-state index < -0.39 is 0 Å². The van der Waals surface area contributed by atoms with Gasteiger partial charge >= 0.3 is 0 Å². The van der Waals surface area contributed by atoms with Crippen LogP contribution in [0.3, 0.4) is 0 Å². The average molecular weight is 1270 g/mol. The lowest BCUT2D eigenvalue weighted by Gasteiger charge is -2.16. The first-order chi connectivity index (χ1) is 44.7. The van der Waals surface area contributed by atoms with Gasteiger partial charge in [0.05, 0.1) is 31.0 Å². The molecule has 3 fully saturated rings. The monoisotopic (exact) mass is 1270 g/mol. The molecule has 12 aromatic rings. The number of nitrogens with zero attached hydrogens (tertiary/aromatic N) is 15. The van der Waals surface area contributed by atoms with Crippen LogP contribution in [0, 0.1) is 38.5 Å². The van der Waals surface area contributed by atoms with Crippen molar-refractivity contribution in [3.05, 3.63) is 240 Å². The lowest BCUT2D eigenvalue weighted by atomic mass is 9.97. The van der Waals surface area contributed by atoms with Crippen LogP contribution in [-0.2, 0) is 19.0 Å².